The molecule has 3 aliphatic rings. The largest absolute Gasteiger partial charge is 0.481 e. The normalized spacial score (nSPS) is 40.0. The third kappa shape index (κ3) is 2.12. The first-order valence-electron chi connectivity index (χ1n) is 7.82. The van der Waals surface area contributed by atoms with Crippen LogP contribution in [0.15, 0.2) is 0 Å². The maximum absolute atomic E-state index is 12.9. The molecule has 0 aliphatic carbocycles. The summed E-state index contributed by atoms with van der Waals surface area (Å²) in [6.07, 6.45) is 5.37. The monoisotopic (exact) mass is 281 g/mol. The second-order valence-corrected chi connectivity index (χ2v) is 6.27. The summed E-state index contributed by atoms with van der Waals surface area (Å²) in [7, 11) is 0. The van der Waals surface area contributed by atoms with Crippen LogP contribution in [-0.4, -0.2) is 46.7 Å². The molecule has 112 valence electrons. The predicted molar refractivity (Wildman–Crippen MR) is 72.2 cm³/mol. The molecule has 3 saturated heterocycles. The molecule has 0 aromatic rings. The number of fused-ring (bicyclic) bond motifs is 2. The van der Waals surface area contributed by atoms with Crippen LogP contribution in [0.1, 0.15) is 45.4 Å². The summed E-state index contributed by atoms with van der Waals surface area (Å²) >= 11 is 0. The Kier molecular flexibility index (Phi) is 3.71. The Balaban J connectivity index is 1.80. The predicted octanol–water partition coefficient (Wildman–Crippen LogP) is 1.66. The van der Waals surface area contributed by atoms with Crippen LogP contribution in [0.2, 0.25) is 0 Å². The van der Waals surface area contributed by atoms with Crippen LogP contribution >= 0.6 is 0 Å². The second kappa shape index (κ2) is 5.35. The van der Waals surface area contributed by atoms with Crippen molar-refractivity contribution < 1.29 is 19.4 Å². The van der Waals surface area contributed by atoms with E-state index in [1.54, 1.807) is 0 Å². The van der Waals surface area contributed by atoms with Gasteiger partial charge >= 0.3 is 5.97 Å². The first-order chi connectivity index (χ1) is 9.63. The van der Waals surface area contributed by atoms with Gasteiger partial charge in [0.2, 0.25) is 5.91 Å². The molecule has 5 atom stereocenters. The van der Waals surface area contributed by atoms with Crippen LogP contribution < -0.4 is 0 Å². The van der Waals surface area contributed by atoms with Crippen LogP contribution in [0, 0.1) is 11.8 Å². The molecule has 3 heterocycles. The van der Waals surface area contributed by atoms with Crippen molar-refractivity contribution in [1.29, 1.82) is 0 Å². The minimum atomic E-state index is -0.874. The third-order valence-corrected chi connectivity index (χ3v) is 5.23. The van der Waals surface area contributed by atoms with Gasteiger partial charge in [0.15, 0.2) is 0 Å². The lowest BCUT2D eigenvalue weighted by molar-refractivity contribution is -0.152. The molecule has 3 rings (SSSR count). The van der Waals surface area contributed by atoms with Crippen molar-refractivity contribution in [2.45, 2.75) is 63.7 Å². The number of hydrogen-bond donors (Lipinski definition) is 1. The number of hydrogen-bond acceptors (Lipinski definition) is 3. The number of carbonyl (C=O) groups is 2. The van der Waals surface area contributed by atoms with E-state index in [0.29, 0.717) is 0 Å². The number of carboxylic acid groups (broad SMARTS) is 1. The number of carbonyl (C=O) groups excluding carboxylic acids is 1. The van der Waals surface area contributed by atoms with Gasteiger partial charge < -0.3 is 14.7 Å². The molecule has 0 saturated carbocycles. The Morgan fingerprint density at radius 1 is 1.15 bits per heavy atom. The Morgan fingerprint density at radius 3 is 2.50 bits per heavy atom. The fourth-order valence-electron chi connectivity index (χ4n) is 4.21. The average Bonchev–Trinajstić information content (AvgIpc) is 3.06. The van der Waals surface area contributed by atoms with E-state index in [9.17, 15) is 14.7 Å². The summed E-state index contributed by atoms with van der Waals surface area (Å²) in [6, 6.07) is 0.282. The number of amides is 1. The van der Waals surface area contributed by atoms with Crippen molar-refractivity contribution in [3.63, 3.8) is 0 Å². The number of aliphatic carboxylic acids is 1. The van der Waals surface area contributed by atoms with Gasteiger partial charge in [0.1, 0.15) is 0 Å². The van der Waals surface area contributed by atoms with Gasteiger partial charge in [-0.1, -0.05) is 6.92 Å². The Morgan fingerprint density at radius 2 is 1.85 bits per heavy atom. The summed E-state index contributed by atoms with van der Waals surface area (Å²) in [6.45, 7) is 2.87. The lowest BCUT2D eigenvalue weighted by Gasteiger charge is -2.38. The van der Waals surface area contributed by atoms with Gasteiger partial charge in [-0.25, -0.2) is 0 Å². The van der Waals surface area contributed by atoms with Gasteiger partial charge in [0, 0.05) is 12.6 Å². The first-order valence-corrected chi connectivity index (χ1v) is 7.82. The minimum Gasteiger partial charge on any atom is -0.481 e. The number of rotatable bonds is 3. The zero-order valence-corrected chi connectivity index (χ0v) is 12.0. The highest BCUT2D eigenvalue weighted by atomic mass is 16.5. The van der Waals surface area contributed by atoms with Crippen LogP contribution in [0.4, 0.5) is 0 Å². The van der Waals surface area contributed by atoms with Crippen molar-refractivity contribution in [2.75, 3.05) is 6.54 Å². The summed E-state index contributed by atoms with van der Waals surface area (Å²) in [5.74, 6) is -1.95. The molecule has 0 aromatic carbocycles. The van der Waals surface area contributed by atoms with Crippen molar-refractivity contribution in [1.82, 2.24) is 4.90 Å². The van der Waals surface area contributed by atoms with Crippen LogP contribution in [-0.2, 0) is 14.3 Å². The summed E-state index contributed by atoms with van der Waals surface area (Å²) in [5.41, 5.74) is 0. The van der Waals surface area contributed by atoms with E-state index in [2.05, 4.69) is 6.92 Å². The van der Waals surface area contributed by atoms with Crippen LogP contribution in [0.3, 0.4) is 0 Å². The van der Waals surface area contributed by atoms with Gasteiger partial charge in [-0.05, 0) is 38.5 Å². The highest BCUT2D eigenvalue weighted by Gasteiger charge is 2.56. The first kappa shape index (κ1) is 13.9. The lowest BCUT2D eigenvalue weighted by atomic mass is 9.78. The smallest absolute Gasteiger partial charge is 0.310 e. The van der Waals surface area contributed by atoms with Crippen molar-refractivity contribution in [2.24, 2.45) is 11.8 Å². The SMILES string of the molecule is CC[C@@H]1CCCCN1C(=O)[C@H]1[C@H](C(=O)O)[C@H]2CC[C@H]1O2. The topological polar surface area (TPSA) is 66.8 Å². The molecule has 3 fully saturated rings. The third-order valence-electron chi connectivity index (χ3n) is 5.23. The maximum atomic E-state index is 12.9. The van der Waals surface area contributed by atoms with Gasteiger partial charge in [0.05, 0.1) is 24.0 Å². The highest BCUT2D eigenvalue weighted by molar-refractivity contribution is 5.87. The van der Waals surface area contributed by atoms with Crippen LogP contribution in [0.5, 0.6) is 0 Å². The fourth-order valence-corrected chi connectivity index (χ4v) is 4.21. The van der Waals surface area contributed by atoms with Gasteiger partial charge in [-0.15, -0.1) is 0 Å². The molecular formula is C15H23NO4. The van der Waals surface area contributed by atoms with Crippen molar-refractivity contribution in [3.8, 4) is 0 Å². The number of piperidine rings is 1. The zero-order valence-electron chi connectivity index (χ0n) is 12.0. The molecule has 2 bridgehead atoms. The number of likely N-dealkylation sites (tertiary alicyclic amines) is 1. The second-order valence-electron chi connectivity index (χ2n) is 6.27. The van der Waals surface area contributed by atoms with E-state index in [1.807, 2.05) is 4.90 Å². The molecule has 1 N–H and O–H groups in total. The number of ether oxygens (including phenoxy) is 1. The van der Waals surface area contributed by atoms with Crippen molar-refractivity contribution in [3.05, 3.63) is 0 Å². The van der Waals surface area contributed by atoms with Gasteiger partial charge in [-0.3, -0.25) is 9.59 Å². The van der Waals surface area contributed by atoms with Crippen LogP contribution in [0.25, 0.3) is 0 Å². The number of nitrogens with zero attached hydrogens (tertiary/aromatic N) is 1. The molecular weight excluding hydrogens is 258 g/mol. The maximum Gasteiger partial charge on any atom is 0.310 e. The average molecular weight is 281 g/mol. The summed E-state index contributed by atoms with van der Waals surface area (Å²) in [5, 5.41) is 9.43. The van der Waals surface area contributed by atoms with E-state index in [1.165, 1.54) is 0 Å². The molecule has 0 aromatic heterocycles. The van der Waals surface area contributed by atoms with Gasteiger partial charge in [0.25, 0.3) is 0 Å². The molecule has 0 radical (unpaired) electrons. The quantitative estimate of drug-likeness (QED) is 0.854. The van der Waals surface area contributed by atoms with E-state index in [4.69, 9.17) is 4.74 Å². The lowest BCUT2D eigenvalue weighted by Crippen LogP contribution is -2.51. The molecule has 0 spiro atoms. The molecule has 0 unspecified atom stereocenters. The zero-order chi connectivity index (χ0) is 14.3. The van der Waals surface area contributed by atoms with E-state index >= 15 is 0 Å². The summed E-state index contributed by atoms with van der Waals surface area (Å²) < 4.78 is 5.71. The Labute approximate surface area is 119 Å². The Hall–Kier alpha value is -1.10. The number of carboxylic acids is 1. The fraction of sp³-hybridized carbons (Fsp3) is 0.867. The molecule has 1 amide bonds. The highest BCUT2D eigenvalue weighted by Crippen LogP contribution is 2.45. The molecule has 5 nitrogen and oxygen atoms in total. The van der Waals surface area contributed by atoms with Gasteiger partial charge in [-0.2, -0.15) is 0 Å². The van der Waals surface area contributed by atoms with E-state index < -0.39 is 17.8 Å². The summed E-state index contributed by atoms with van der Waals surface area (Å²) in [4.78, 5) is 26.3. The van der Waals surface area contributed by atoms with Crippen molar-refractivity contribution >= 4 is 11.9 Å². The standard InChI is InChI=1S/C15H23NO4/c1-2-9-5-3-4-8-16(9)14(17)12-10-6-7-11(20-10)13(12)15(18)19/h9-13H,2-8H2,1H3,(H,18,19)/t9-,10-,11-,12-,13-/m1/s1. The molecule has 5 heteroatoms. The molecule has 3 aliphatic heterocycles. The van der Waals surface area contributed by atoms with E-state index in [-0.39, 0.29) is 24.2 Å². The molecule has 20 heavy (non-hydrogen) atoms. The van der Waals surface area contributed by atoms with E-state index in [0.717, 1.165) is 45.1 Å². The Bertz CT molecular complexity index is 411. The minimum absolute atomic E-state index is 0.0242.